The number of rotatable bonds is 1. The zero-order valence-electron chi connectivity index (χ0n) is 10.4. The zero-order chi connectivity index (χ0) is 12.7. The van der Waals surface area contributed by atoms with E-state index in [2.05, 4.69) is 59.7 Å². The third kappa shape index (κ3) is 1.59. The van der Waals surface area contributed by atoms with Gasteiger partial charge in [0.15, 0.2) is 0 Å². The first kappa shape index (κ1) is 10.5. The molecule has 2 aromatic carbocycles. The molecule has 4 rings (SSSR count). The van der Waals surface area contributed by atoms with E-state index in [1.165, 1.54) is 27.8 Å². The lowest BCUT2D eigenvalue weighted by Crippen LogP contribution is -1.88. The molecule has 0 spiro atoms. The Bertz CT molecular complexity index is 745. The SMILES string of the molecule is [c]1ncccc1-c1cccc2c1Cc1ccccc1-2. The summed E-state index contributed by atoms with van der Waals surface area (Å²) in [5.41, 5.74) is 7.85. The van der Waals surface area contributed by atoms with E-state index in [9.17, 15) is 0 Å². The molecule has 0 unspecified atom stereocenters. The Morgan fingerprint density at radius 3 is 2.53 bits per heavy atom. The first-order valence-corrected chi connectivity index (χ1v) is 6.47. The van der Waals surface area contributed by atoms with Crippen LogP contribution in [0.3, 0.4) is 0 Å². The van der Waals surface area contributed by atoms with Gasteiger partial charge in [-0.1, -0.05) is 48.5 Å². The molecule has 89 valence electrons. The third-order valence-electron chi connectivity index (χ3n) is 3.75. The number of aromatic nitrogens is 1. The molecule has 0 amide bonds. The summed E-state index contributed by atoms with van der Waals surface area (Å²) in [6.45, 7) is 0. The molecule has 19 heavy (non-hydrogen) atoms. The van der Waals surface area contributed by atoms with Crippen molar-refractivity contribution in [3.63, 3.8) is 0 Å². The van der Waals surface area contributed by atoms with Crippen LogP contribution in [-0.4, -0.2) is 4.98 Å². The fourth-order valence-corrected chi connectivity index (χ4v) is 2.89. The zero-order valence-corrected chi connectivity index (χ0v) is 10.4. The normalized spacial score (nSPS) is 12.0. The molecule has 1 heteroatoms. The average Bonchev–Trinajstić information content (AvgIpc) is 2.87. The molecule has 1 aliphatic carbocycles. The van der Waals surface area contributed by atoms with Crippen molar-refractivity contribution in [3.8, 4) is 22.3 Å². The lowest BCUT2D eigenvalue weighted by atomic mass is 9.97. The van der Waals surface area contributed by atoms with E-state index in [1.54, 1.807) is 6.20 Å². The van der Waals surface area contributed by atoms with Gasteiger partial charge in [0.05, 0.1) is 6.20 Å². The van der Waals surface area contributed by atoms with Crippen LogP contribution in [0.2, 0.25) is 0 Å². The Morgan fingerprint density at radius 1 is 0.789 bits per heavy atom. The number of nitrogens with zero attached hydrogens (tertiary/aromatic N) is 1. The highest BCUT2D eigenvalue weighted by Gasteiger charge is 2.20. The second kappa shape index (κ2) is 4.06. The Labute approximate surface area is 112 Å². The van der Waals surface area contributed by atoms with Crippen molar-refractivity contribution >= 4 is 0 Å². The molecule has 0 saturated carbocycles. The van der Waals surface area contributed by atoms with Crippen LogP contribution in [0, 0.1) is 6.20 Å². The molecule has 0 saturated heterocycles. The smallest absolute Gasteiger partial charge is 0.0970 e. The summed E-state index contributed by atoms with van der Waals surface area (Å²) < 4.78 is 0. The van der Waals surface area contributed by atoms with Crippen LogP contribution in [0.1, 0.15) is 11.1 Å². The molecule has 0 bridgehead atoms. The minimum atomic E-state index is 1.00. The summed E-state index contributed by atoms with van der Waals surface area (Å²) in [4.78, 5) is 4.11. The minimum absolute atomic E-state index is 1.00. The minimum Gasteiger partial charge on any atom is -0.254 e. The molecular formula is C18H12N. The maximum Gasteiger partial charge on any atom is 0.0970 e. The predicted octanol–water partition coefficient (Wildman–Crippen LogP) is 4.12. The summed E-state index contributed by atoms with van der Waals surface area (Å²) in [5, 5.41) is 0. The number of fused-ring (bicyclic) bond motifs is 3. The van der Waals surface area contributed by atoms with E-state index in [0.29, 0.717) is 0 Å². The highest BCUT2D eigenvalue weighted by molar-refractivity contribution is 5.84. The lowest BCUT2D eigenvalue weighted by Gasteiger charge is -2.07. The molecule has 1 aromatic heterocycles. The van der Waals surface area contributed by atoms with Crippen LogP contribution >= 0.6 is 0 Å². The molecule has 0 N–H and O–H groups in total. The van der Waals surface area contributed by atoms with E-state index in [0.717, 1.165) is 12.0 Å². The first-order chi connectivity index (χ1) is 9.43. The third-order valence-corrected chi connectivity index (χ3v) is 3.75. The standard InChI is InChI=1S/C18H12N/c1-2-7-15-13(5-1)11-18-16(8-3-9-17(15)18)14-6-4-10-19-12-14/h1-10H,11H2. The number of benzene rings is 2. The number of pyridine rings is 1. The van der Waals surface area contributed by atoms with Crippen LogP contribution in [0.15, 0.2) is 60.8 Å². The fourth-order valence-electron chi connectivity index (χ4n) is 2.89. The van der Waals surface area contributed by atoms with Gasteiger partial charge >= 0.3 is 0 Å². The van der Waals surface area contributed by atoms with Crippen LogP contribution in [0.25, 0.3) is 22.3 Å². The van der Waals surface area contributed by atoms with E-state index >= 15 is 0 Å². The van der Waals surface area contributed by atoms with Gasteiger partial charge in [0.1, 0.15) is 0 Å². The molecule has 0 aliphatic heterocycles. The van der Waals surface area contributed by atoms with Gasteiger partial charge in [-0.2, -0.15) is 0 Å². The molecule has 0 atom stereocenters. The van der Waals surface area contributed by atoms with Gasteiger partial charge < -0.3 is 0 Å². The summed E-state index contributed by atoms with van der Waals surface area (Å²) >= 11 is 0. The number of hydrogen-bond donors (Lipinski definition) is 0. The predicted molar refractivity (Wildman–Crippen MR) is 76.8 cm³/mol. The van der Waals surface area contributed by atoms with Crippen molar-refractivity contribution in [2.24, 2.45) is 0 Å². The monoisotopic (exact) mass is 242 g/mol. The Morgan fingerprint density at radius 2 is 1.63 bits per heavy atom. The summed E-state index contributed by atoms with van der Waals surface area (Å²) in [6, 6.07) is 19.2. The maximum absolute atomic E-state index is 4.11. The number of hydrogen-bond acceptors (Lipinski definition) is 1. The second-order valence-corrected chi connectivity index (χ2v) is 4.83. The largest absolute Gasteiger partial charge is 0.254 e. The van der Waals surface area contributed by atoms with Gasteiger partial charge in [-0.15, -0.1) is 0 Å². The molecule has 0 fully saturated rings. The fraction of sp³-hybridized carbons (Fsp3) is 0.0556. The topological polar surface area (TPSA) is 12.9 Å². The Balaban J connectivity index is 1.95. The van der Waals surface area contributed by atoms with E-state index in [1.807, 2.05) is 6.07 Å². The van der Waals surface area contributed by atoms with Crippen LogP contribution in [0.5, 0.6) is 0 Å². The van der Waals surface area contributed by atoms with Gasteiger partial charge in [-0.3, -0.25) is 4.98 Å². The Hall–Kier alpha value is -2.41. The molecule has 3 aromatic rings. The van der Waals surface area contributed by atoms with Crippen molar-refractivity contribution in [2.75, 3.05) is 0 Å². The highest BCUT2D eigenvalue weighted by Crippen LogP contribution is 2.40. The quantitative estimate of drug-likeness (QED) is 0.489. The summed E-state index contributed by atoms with van der Waals surface area (Å²) in [5.74, 6) is 0. The van der Waals surface area contributed by atoms with Gasteiger partial charge in [0.2, 0.25) is 0 Å². The van der Waals surface area contributed by atoms with Crippen molar-refractivity contribution in [1.29, 1.82) is 0 Å². The maximum atomic E-state index is 4.11. The summed E-state index contributed by atoms with van der Waals surface area (Å²) in [6.07, 6.45) is 5.86. The van der Waals surface area contributed by atoms with E-state index in [-0.39, 0.29) is 0 Å². The Kier molecular flexibility index (Phi) is 2.25. The van der Waals surface area contributed by atoms with Crippen LogP contribution in [0.4, 0.5) is 0 Å². The second-order valence-electron chi connectivity index (χ2n) is 4.83. The van der Waals surface area contributed by atoms with E-state index < -0.39 is 0 Å². The van der Waals surface area contributed by atoms with Crippen molar-refractivity contribution in [3.05, 3.63) is 78.1 Å². The molecule has 1 aliphatic rings. The van der Waals surface area contributed by atoms with Crippen molar-refractivity contribution < 1.29 is 0 Å². The van der Waals surface area contributed by atoms with Crippen LogP contribution < -0.4 is 0 Å². The van der Waals surface area contributed by atoms with Gasteiger partial charge in [0, 0.05) is 11.8 Å². The van der Waals surface area contributed by atoms with Crippen molar-refractivity contribution in [2.45, 2.75) is 6.42 Å². The van der Waals surface area contributed by atoms with Crippen LogP contribution in [-0.2, 0) is 6.42 Å². The molecular weight excluding hydrogens is 230 g/mol. The lowest BCUT2D eigenvalue weighted by molar-refractivity contribution is 1.25. The van der Waals surface area contributed by atoms with Crippen molar-refractivity contribution in [1.82, 2.24) is 4.98 Å². The summed E-state index contributed by atoms with van der Waals surface area (Å²) in [7, 11) is 0. The van der Waals surface area contributed by atoms with E-state index in [4.69, 9.17) is 0 Å². The van der Waals surface area contributed by atoms with Gasteiger partial charge in [-0.05, 0) is 40.3 Å². The van der Waals surface area contributed by atoms with Gasteiger partial charge in [-0.25, -0.2) is 0 Å². The molecule has 1 radical (unpaired) electrons. The molecule has 1 nitrogen and oxygen atoms in total. The highest BCUT2D eigenvalue weighted by atomic mass is 14.6. The van der Waals surface area contributed by atoms with Gasteiger partial charge in [0.25, 0.3) is 0 Å². The average molecular weight is 242 g/mol. The first-order valence-electron chi connectivity index (χ1n) is 6.47. The molecule has 1 heterocycles.